The van der Waals surface area contributed by atoms with E-state index in [1.54, 1.807) is 18.6 Å². The largest absolute Gasteiger partial charge is 0.393 e. The van der Waals surface area contributed by atoms with Crippen LogP contribution in [0.3, 0.4) is 0 Å². The molecule has 1 aromatic rings. The van der Waals surface area contributed by atoms with Crippen LogP contribution >= 0.6 is 0 Å². The molecular formula is C18H25F2N2O3. The van der Waals surface area contributed by atoms with Gasteiger partial charge in [0.2, 0.25) is 5.91 Å². The van der Waals surface area contributed by atoms with Crippen LogP contribution in [0.25, 0.3) is 0 Å². The zero-order chi connectivity index (χ0) is 19.0. The summed E-state index contributed by atoms with van der Waals surface area (Å²) >= 11 is 0. The van der Waals surface area contributed by atoms with Gasteiger partial charge >= 0.3 is 0 Å². The van der Waals surface area contributed by atoms with Crippen LogP contribution in [-0.2, 0) is 16.0 Å². The highest BCUT2D eigenvalue weighted by Gasteiger charge is 2.33. The predicted octanol–water partition coefficient (Wildman–Crippen LogP) is 1.68. The van der Waals surface area contributed by atoms with E-state index < -0.39 is 23.6 Å². The summed E-state index contributed by atoms with van der Waals surface area (Å²) in [6.07, 6.45) is 1.08. The second kappa shape index (κ2) is 9.46. The number of nitrogens with two attached hydrogens (primary N) is 1. The second-order valence-corrected chi connectivity index (χ2v) is 6.28. The number of carbonyl (C=O) groups is 2. The van der Waals surface area contributed by atoms with Crippen LogP contribution in [0, 0.1) is 18.2 Å². The van der Waals surface area contributed by atoms with E-state index in [4.69, 9.17) is 5.73 Å². The summed E-state index contributed by atoms with van der Waals surface area (Å²) in [5, 5.41) is 12.6. The van der Waals surface area contributed by atoms with Gasteiger partial charge in [0, 0.05) is 13.0 Å². The third-order valence-electron chi connectivity index (χ3n) is 4.16. The molecule has 0 heterocycles. The molecule has 7 heteroatoms. The minimum absolute atomic E-state index is 0.0804. The smallest absolute Gasteiger partial charge is 0.254 e. The molecule has 0 aliphatic carbocycles. The number of aliphatic hydroxyl groups is 1. The molecule has 0 saturated carbocycles. The highest BCUT2D eigenvalue weighted by Crippen LogP contribution is 2.24. The number of hydrogen-bond donors (Lipinski definition) is 3. The number of aliphatic hydroxyl groups excluding tert-OH is 1. The van der Waals surface area contributed by atoms with Crippen molar-refractivity contribution in [2.24, 2.45) is 11.7 Å². The van der Waals surface area contributed by atoms with Crippen molar-refractivity contribution in [1.82, 2.24) is 5.32 Å². The van der Waals surface area contributed by atoms with E-state index in [1.165, 1.54) is 19.2 Å². The van der Waals surface area contributed by atoms with Gasteiger partial charge in [-0.3, -0.25) is 9.59 Å². The van der Waals surface area contributed by atoms with Gasteiger partial charge in [-0.1, -0.05) is 12.1 Å². The zero-order valence-corrected chi connectivity index (χ0v) is 14.5. The number of primary amides is 1. The fourth-order valence-corrected chi connectivity index (χ4v) is 2.41. The average Bonchev–Trinajstić information content (AvgIpc) is 2.57. The molecule has 0 saturated heterocycles. The van der Waals surface area contributed by atoms with Gasteiger partial charge in [0.1, 0.15) is 5.82 Å². The highest BCUT2D eigenvalue weighted by molar-refractivity contribution is 5.83. The van der Waals surface area contributed by atoms with Gasteiger partial charge in [-0.15, -0.1) is 0 Å². The molecule has 0 aliphatic heterocycles. The number of alkyl halides is 1. The first kappa shape index (κ1) is 21.0. The van der Waals surface area contributed by atoms with Crippen LogP contribution in [-0.4, -0.2) is 35.7 Å². The number of carbonyl (C=O) groups excluding carboxylic acids is 2. The van der Waals surface area contributed by atoms with Crippen LogP contribution in [0.2, 0.25) is 0 Å². The Labute approximate surface area is 146 Å². The fourth-order valence-electron chi connectivity index (χ4n) is 2.41. The number of hydrogen-bond acceptors (Lipinski definition) is 3. The molecule has 0 bridgehead atoms. The molecule has 3 atom stereocenters. The molecule has 4 N–H and O–H groups in total. The molecule has 0 aliphatic rings. The number of rotatable bonds is 10. The summed E-state index contributed by atoms with van der Waals surface area (Å²) < 4.78 is 26.8. The number of benzene rings is 1. The number of amides is 2. The number of halogens is 2. The molecule has 5 nitrogen and oxygen atoms in total. The maximum atomic E-state index is 14.0. The van der Waals surface area contributed by atoms with Crippen molar-refractivity contribution in [1.29, 1.82) is 0 Å². The first-order valence-electron chi connectivity index (χ1n) is 8.12. The topological polar surface area (TPSA) is 92.4 Å². The molecular weight excluding hydrogens is 330 g/mol. The summed E-state index contributed by atoms with van der Waals surface area (Å²) in [7, 11) is 1.45. The van der Waals surface area contributed by atoms with Gasteiger partial charge in [0.15, 0.2) is 5.67 Å². The second-order valence-electron chi connectivity index (χ2n) is 6.28. The monoisotopic (exact) mass is 355 g/mol. The molecule has 1 radical (unpaired) electrons. The van der Waals surface area contributed by atoms with Crippen LogP contribution in [0.15, 0.2) is 24.3 Å². The standard InChI is InChI=1S/C18H25F2N2O3/c1-18(20,17(21)25)10-9-13(16(24)22-2)11-15(23)8-5-12-3-6-14(19)7-4-12/h3-4,6-8,13,15,23H,5,9-11H2,1-2H3,(H2,21,25)(H,22,24)/t13-,15+,18?/m1/s1. The Balaban J connectivity index is 2.57. The van der Waals surface area contributed by atoms with Crippen molar-refractivity contribution in [2.45, 2.75) is 44.4 Å². The van der Waals surface area contributed by atoms with Gasteiger partial charge in [-0.05, 0) is 56.7 Å². The Hall–Kier alpha value is -2.02. The van der Waals surface area contributed by atoms with Gasteiger partial charge in [0.25, 0.3) is 5.91 Å². The molecule has 0 aromatic heterocycles. The number of nitrogens with one attached hydrogen (secondary N) is 1. The quantitative estimate of drug-likeness (QED) is 0.596. The summed E-state index contributed by atoms with van der Waals surface area (Å²) in [5.41, 5.74) is 3.61. The van der Waals surface area contributed by atoms with Crippen LogP contribution in [0.5, 0.6) is 0 Å². The lowest BCUT2D eigenvalue weighted by atomic mass is 9.88. The van der Waals surface area contributed by atoms with E-state index in [2.05, 4.69) is 5.32 Å². The van der Waals surface area contributed by atoms with E-state index >= 15 is 0 Å². The Morgan fingerprint density at radius 3 is 2.48 bits per heavy atom. The van der Waals surface area contributed by atoms with E-state index in [0.29, 0.717) is 6.42 Å². The molecule has 1 rings (SSSR count). The SMILES string of the molecule is CNC(=O)[C@H](CCC(C)(F)C(N)=O)C[C@@H](O)[CH]Cc1ccc(F)cc1. The molecule has 25 heavy (non-hydrogen) atoms. The molecule has 2 amide bonds. The Kier molecular flexibility index (Phi) is 7.96. The van der Waals surface area contributed by atoms with Gasteiger partial charge in [0.05, 0.1) is 6.10 Å². The lowest BCUT2D eigenvalue weighted by molar-refractivity contribution is -0.131. The van der Waals surface area contributed by atoms with Crippen molar-refractivity contribution in [3.8, 4) is 0 Å². The minimum Gasteiger partial charge on any atom is -0.393 e. The predicted molar refractivity (Wildman–Crippen MR) is 90.5 cm³/mol. The molecule has 0 spiro atoms. The zero-order valence-electron chi connectivity index (χ0n) is 14.5. The van der Waals surface area contributed by atoms with E-state index in [1.807, 2.05) is 0 Å². The molecule has 1 aromatic carbocycles. The summed E-state index contributed by atoms with van der Waals surface area (Å²) in [4.78, 5) is 23.0. The maximum absolute atomic E-state index is 14.0. The van der Waals surface area contributed by atoms with Crippen LogP contribution < -0.4 is 11.1 Å². The lowest BCUT2D eigenvalue weighted by Gasteiger charge is -2.22. The van der Waals surface area contributed by atoms with Crippen molar-refractivity contribution >= 4 is 11.8 Å². The van der Waals surface area contributed by atoms with Gasteiger partial charge in [-0.2, -0.15) is 0 Å². The first-order valence-corrected chi connectivity index (χ1v) is 8.12. The summed E-state index contributed by atoms with van der Waals surface area (Å²) in [6.45, 7) is 1.08. The normalized spacial score (nSPS) is 15.9. The first-order chi connectivity index (χ1) is 11.7. The summed E-state index contributed by atoms with van der Waals surface area (Å²) in [5.74, 6) is -2.41. The Bertz CT molecular complexity index is 576. The minimum atomic E-state index is -2.20. The lowest BCUT2D eigenvalue weighted by Crippen LogP contribution is -2.38. The molecule has 1 unspecified atom stereocenters. The Morgan fingerprint density at radius 2 is 1.96 bits per heavy atom. The van der Waals surface area contributed by atoms with Crippen molar-refractivity contribution in [3.63, 3.8) is 0 Å². The van der Waals surface area contributed by atoms with Gasteiger partial charge < -0.3 is 16.2 Å². The summed E-state index contributed by atoms with van der Waals surface area (Å²) in [6, 6.07) is 5.87. The van der Waals surface area contributed by atoms with Crippen molar-refractivity contribution < 1.29 is 23.5 Å². The van der Waals surface area contributed by atoms with E-state index in [9.17, 15) is 23.5 Å². The third-order valence-corrected chi connectivity index (χ3v) is 4.16. The average molecular weight is 355 g/mol. The van der Waals surface area contributed by atoms with E-state index in [-0.39, 0.29) is 31.0 Å². The third kappa shape index (κ3) is 7.17. The van der Waals surface area contributed by atoms with E-state index in [0.717, 1.165) is 12.5 Å². The highest BCUT2D eigenvalue weighted by atomic mass is 19.1. The molecule has 139 valence electrons. The van der Waals surface area contributed by atoms with Crippen molar-refractivity contribution in [3.05, 3.63) is 42.1 Å². The fraction of sp³-hybridized carbons (Fsp3) is 0.500. The van der Waals surface area contributed by atoms with Gasteiger partial charge in [-0.25, -0.2) is 8.78 Å². The molecule has 0 fully saturated rings. The van der Waals surface area contributed by atoms with Crippen molar-refractivity contribution in [2.75, 3.05) is 7.05 Å². The van der Waals surface area contributed by atoms with Crippen LogP contribution in [0.1, 0.15) is 31.7 Å². The maximum Gasteiger partial charge on any atom is 0.254 e. The van der Waals surface area contributed by atoms with Crippen LogP contribution in [0.4, 0.5) is 8.78 Å². The Morgan fingerprint density at radius 1 is 1.36 bits per heavy atom.